The SMILES string of the molecule is O=C(OC[C@@H](O)[C@@H](OC(=O)c1cccnc1)[C@H](O)[C@@H](COC(=O)c1cccnc1)OC(=O)c1cccnc1)c1cccnc1. The van der Waals surface area contributed by atoms with Crippen molar-refractivity contribution in [3.05, 3.63) is 120 Å². The molecule has 226 valence electrons. The van der Waals surface area contributed by atoms with Gasteiger partial charge >= 0.3 is 23.9 Å². The quantitative estimate of drug-likeness (QED) is 0.165. The van der Waals surface area contributed by atoms with Crippen LogP contribution >= 0.6 is 0 Å². The Kier molecular flexibility index (Phi) is 11.1. The van der Waals surface area contributed by atoms with E-state index in [0.717, 1.165) is 0 Å². The number of hydrogen-bond donors (Lipinski definition) is 2. The molecule has 4 aromatic rings. The molecule has 0 unspecified atom stereocenters. The zero-order chi connectivity index (χ0) is 31.3. The van der Waals surface area contributed by atoms with E-state index in [0.29, 0.717) is 0 Å². The van der Waals surface area contributed by atoms with Crippen molar-refractivity contribution in [1.29, 1.82) is 0 Å². The van der Waals surface area contributed by atoms with E-state index in [2.05, 4.69) is 19.9 Å². The molecule has 0 saturated heterocycles. The minimum Gasteiger partial charge on any atom is -0.459 e. The summed E-state index contributed by atoms with van der Waals surface area (Å²) >= 11 is 0. The third-order valence-electron chi connectivity index (χ3n) is 5.95. The van der Waals surface area contributed by atoms with Crippen LogP contribution in [-0.4, -0.2) is 91.7 Å². The number of pyridine rings is 4. The van der Waals surface area contributed by atoms with Gasteiger partial charge < -0.3 is 29.2 Å². The first-order valence-electron chi connectivity index (χ1n) is 13.1. The molecule has 0 radical (unpaired) electrons. The van der Waals surface area contributed by atoms with Crippen LogP contribution in [0, 0.1) is 0 Å². The van der Waals surface area contributed by atoms with Crippen molar-refractivity contribution >= 4 is 23.9 Å². The summed E-state index contributed by atoms with van der Waals surface area (Å²) in [6.07, 6.45) is 3.21. The number of rotatable bonds is 13. The number of esters is 4. The second-order valence-corrected chi connectivity index (χ2v) is 9.04. The molecule has 14 heteroatoms. The Morgan fingerprint density at radius 3 is 1.36 bits per heavy atom. The lowest BCUT2D eigenvalue weighted by Crippen LogP contribution is -2.51. The Labute approximate surface area is 250 Å². The molecular formula is C30H26N4O10. The highest BCUT2D eigenvalue weighted by Crippen LogP contribution is 2.18. The van der Waals surface area contributed by atoms with Crippen LogP contribution in [0.1, 0.15) is 41.4 Å². The predicted octanol–water partition coefficient (Wildman–Crippen LogP) is 1.45. The number of nitrogens with zero attached hydrogens (tertiary/aromatic N) is 4. The Bertz CT molecular complexity index is 1530. The third kappa shape index (κ3) is 8.70. The summed E-state index contributed by atoms with van der Waals surface area (Å²) < 4.78 is 21.3. The van der Waals surface area contributed by atoms with Crippen LogP contribution in [0.15, 0.2) is 98.1 Å². The topological polar surface area (TPSA) is 197 Å². The van der Waals surface area contributed by atoms with Crippen LogP contribution in [0.2, 0.25) is 0 Å². The zero-order valence-corrected chi connectivity index (χ0v) is 22.9. The average molecular weight is 603 g/mol. The summed E-state index contributed by atoms with van der Waals surface area (Å²) in [5.74, 6) is -3.68. The molecule has 4 rings (SSSR count). The van der Waals surface area contributed by atoms with E-state index in [9.17, 15) is 29.4 Å². The summed E-state index contributed by atoms with van der Waals surface area (Å²) in [5.41, 5.74) is 0.116. The van der Waals surface area contributed by atoms with E-state index in [1.54, 1.807) is 0 Å². The Morgan fingerprint density at radius 1 is 0.568 bits per heavy atom. The molecule has 0 aliphatic heterocycles. The van der Waals surface area contributed by atoms with Gasteiger partial charge in [0, 0.05) is 49.6 Å². The predicted molar refractivity (Wildman–Crippen MR) is 148 cm³/mol. The van der Waals surface area contributed by atoms with Crippen molar-refractivity contribution in [1.82, 2.24) is 19.9 Å². The first-order valence-corrected chi connectivity index (χ1v) is 13.1. The summed E-state index contributed by atoms with van der Waals surface area (Å²) in [6, 6.07) is 11.6. The number of aliphatic hydroxyl groups is 2. The van der Waals surface area contributed by atoms with Gasteiger partial charge in [0.15, 0.2) is 12.2 Å². The normalized spacial score (nSPS) is 13.4. The van der Waals surface area contributed by atoms with Gasteiger partial charge in [0.2, 0.25) is 0 Å². The molecule has 0 amide bonds. The lowest BCUT2D eigenvalue weighted by molar-refractivity contribution is -0.132. The largest absolute Gasteiger partial charge is 0.459 e. The first kappa shape index (κ1) is 31.3. The lowest BCUT2D eigenvalue weighted by atomic mass is 10.0. The monoisotopic (exact) mass is 602 g/mol. The summed E-state index contributed by atoms with van der Waals surface area (Å²) in [4.78, 5) is 66.2. The van der Waals surface area contributed by atoms with Gasteiger partial charge in [-0.05, 0) is 48.5 Å². The molecule has 44 heavy (non-hydrogen) atoms. The van der Waals surface area contributed by atoms with E-state index in [4.69, 9.17) is 18.9 Å². The third-order valence-corrected chi connectivity index (χ3v) is 5.95. The highest BCUT2D eigenvalue weighted by molar-refractivity contribution is 5.90. The molecular weight excluding hydrogens is 576 g/mol. The lowest BCUT2D eigenvalue weighted by Gasteiger charge is -2.31. The van der Waals surface area contributed by atoms with Crippen LogP contribution in [0.3, 0.4) is 0 Å². The molecule has 4 heterocycles. The molecule has 4 aromatic heterocycles. The number of carbonyl (C=O) groups excluding carboxylic acids is 4. The smallest absolute Gasteiger partial charge is 0.340 e. The van der Waals surface area contributed by atoms with Crippen molar-refractivity contribution in [2.45, 2.75) is 24.4 Å². The maximum absolute atomic E-state index is 12.9. The van der Waals surface area contributed by atoms with Gasteiger partial charge in [-0.25, -0.2) is 19.2 Å². The Balaban J connectivity index is 1.57. The van der Waals surface area contributed by atoms with E-state index in [1.165, 1.54) is 98.1 Å². The van der Waals surface area contributed by atoms with E-state index < -0.39 is 61.5 Å². The van der Waals surface area contributed by atoms with Gasteiger partial charge in [-0.3, -0.25) is 19.9 Å². The Hall–Kier alpha value is -5.60. The molecule has 0 spiro atoms. The average Bonchev–Trinajstić information content (AvgIpc) is 3.08. The molecule has 0 bridgehead atoms. The minimum absolute atomic E-state index is 0.00172. The van der Waals surface area contributed by atoms with Gasteiger partial charge in [0.05, 0.1) is 22.3 Å². The molecule has 0 aromatic carbocycles. The van der Waals surface area contributed by atoms with Gasteiger partial charge in [-0.15, -0.1) is 0 Å². The van der Waals surface area contributed by atoms with Gasteiger partial charge in [-0.2, -0.15) is 0 Å². The second-order valence-electron chi connectivity index (χ2n) is 9.04. The molecule has 0 aliphatic carbocycles. The minimum atomic E-state index is -2.01. The molecule has 2 N–H and O–H groups in total. The van der Waals surface area contributed by atoms with Crippen LogP contribution in [0.25, 0.3) is 0 Å². The summed E-state index contributed by atoms with van der Waals surface area (Å²) in [5, 5.41) is 22.4. The van der Waals surface area contributed by atoms with E-state index in [1.807, 2.05) is 0 Å². The highest BCUT2D eigenvalue weighted by Gasteiger charge is 2.40. The van der Waals surface area contributed by atoms with Crippen molar-refractivity contribution in [3.63, 3.8) is 0 Å². The van der Waals surface area contributed by atoms with Crippen LogP contribution in [0.4, 0.5) is 0 Å². The molecule has 4 atom stereocenters. The number of hydrogen-bond acceptors (Lipinski definition) is 14. The van der Waals surface area contributed by atoms with Crippen molar-refractivity contribution < 1.29 is 48.3 Å². The van der Waals surface area contributed by atoms with Gasteiger partial charge in [0.25, 0.3) is 0 Å². The van der Waals surface area contributed by atoms with E-state index in [-0.39, 0.29) is 22.3 Å². The van der Waals surface area contributed by atoms with Crippen molar-refractivity contribution in [2.75, 3.05) is 13.2 Å². The number of aliphatic hydroxyl groups excluding tert-OH is 2. The zero-order valence-electron chi connectivity index (χ0n) is 22.9. The van der Waals surface area contributed by atoms with Gasteiger partial charge in [0.1, 0.15) is 25.4 Å². The maximum atomic E-state index is 12.9. The first-order chi connectivity index (χ1) is 21.3. The van der Waals surface area contributed by atoms with Crippen molar-refractivity contribution in [3.8, 4) is 0 Å². The molecule has 0 aliphatic rings. The summed E-state index contributed by atoms with van der Waals surface area (Å²) in [7, 11) is 0. The molecule has 0 fully saturated rings. The fraction of sp³-hybridized carbons (Fsp3) is 0.200. The number of ether oxygens (including phenoxy) is 4. The molecule has 0 saturated carbocycles. The van der Waals surface area contributed by atoms with Crippen LogP contribution in [0.5, 0.6) is 0 Å². The van der Waals surface area contributed by atoms with Crippen LogP contribution < -0.4 is 0 Å². The second kappa shape index (κ2) is 15.6. The Morgan fingerprint density at radius 2 is 0.955 bits per heavy atom. The number of carbonyl (C=O) groups is 4. The van der Waals surface area contributed by atoms with Crippen LogP contribution in [-0.2, 0) is 18.9 Å². The fourth-order valence-electron chi connectivity index (χ4n) is 3.70. The fourth-order valence-corrected chi connectivity index (χ4v) is 3.70. The number of aromatic nitrogens is 4. The van der Waals surface area contributed by atoms with Gasteiger partial charge in [-0.1, -0.05) is 0 Å². The standard InChI is InChI=1S/C30H26N4O10/c35-23(17-41-27(37)19-5-1-9-31-13-19)26(44-30(40)22-8-4-12-34-16-22)25(36)24(43-29(39)21-7-3-11-33-15-21)18-42-28(38)20-6-2-10-32-14-20/h1-16,23-26,35-36H,17-18H2/t23-,24-,25-,26-/m1/s1. The summed E-state index contributed by atoms with van der Waals surface area (Å²) in [6.45, 7) is -1.49. The molecule has 14 nitrogen and oxygen atoms in total. The van der Waals surface area contributed by atoms with E-state index >= 15 is 0 Å². The van der Waals surface area contributed by atoms with Crippen molar-refractivity contribution in [2.24, 2.45) is 0 Å². The maximum Gasteiger partial charge on any atom is 0.340 e. The highest BCUT2D eigenvalue weighted by atomic mass is 16.6.